The molecule has 0 fully saturated rings. The second kappa shape index (κ2) is 9.87. The average molecular weight is 242 g/mol. The number of rotatable bonds is 9. The van der Waals surface area contributed by atoms with Crippen molar-refractivity contribution in [2.24, 2.45) is 5.92 Å². The Morgan fingerprint density at radius 1 is 1.18 bits per heavy atom. The molecule has 0 amide bonds. The normalized spacial score (nSPS) is 11.6. The van der Waals surface area contributed by atoms with E-state index in [1.807, 2.05) is 6.08 Å². The van der Waals surface area contributed by atoms with Crippen LogP contribution in [0.5, 0.6) is 0 Å². The first-order valence-electron chi connectivity index (χ1n) is 6.11. The van der Waals surface area contributed by atoms with Crippen LogP contribution in [0.25, 0.3) is 0 Å². The van der Waals surface area contributed by atoms with Gasteiger partial charge in [-0.1, -0.05) is 13.0 Å². The average Bonchev–Trinajstić information content (AvgIpc) is 2.30. The highest BCUT2D eigenvalue weighted by atomic mass is 16.6. The topological polar surface area (TPSA) is 52.6 Å². The summed E-state index contributed by atoms with van der Waals surface area (Å²) in [7, 11) is 0. The van der Waals surface area contributed by atoms with Crippen LogP contribution >= 0.6 is 0 Å². The van der Waals surface area contributed by atoms with Crippen LogP contribution in [-0.2, 0) is 19.1 Å². The Labute approximate surface area is 103 Å². The first-order valence-corrected chi connectivity index (χ1v) is 6.11. The number of unbranched alkanes of at least 4 members (excludes halogenated alkanes) is 2. The Kier molecular flexibility index (Phi) is 9.11. The van der Waals surface area contributed by atoms with Crippen LogP contribution in [-0.4, -0.2) is 25.2 Å². The van der Waals surface area contributed by atoms with Crippen LogP contribution in [0.2, 0.25) is 0 Å². The van der Waals surface area contributed by atoms with E-state index in [4.69, 9.17) is 9.47 Å². The summed E-state index contributed by atoms with van der Waals surface area (Å²) in [5.41, 5.74) is 0. The summed E-state index contributed by atoms with van der Waals surface area (Å²) < 4.78 is 9.84. The summed E-state index contributed by atoms with van der Waals surface area (Å²) in [4.78, 5) is 23.0. The highest BCUT2D eigenvalue weighted by Gasteiger charge is 2.27. The highest BCUT2D eigenvalue weighted by molar-refractivity contribution is 5.94. The molecule has 0 saturated heterocycles. The Bertz CT molecular complexity index is 248. The van der Waals surface area contributed by atoms with E-state index in [9.17, 15) is 9.59 Å². The van der Waals surface area contributed by atoms with Crippen molar-refractivity contribution in [2.75, 3.05) is 13.2 Å². The van der Waals surface area contributed by atoms with E-state index in [1.165, 1.54) is 0 Å². The van der Waals surface area contributed by atoms with Crippen molar-refractivity contribution in [2.45, 2.75) is 39.5 Å². The van der Waals surface area contributed by atoms with Crippen molar-refractivity contribution in [1.29, 1.82) is 0 Å². The Morgan fingerprint density at radius 2 is 1.82 bits per heavy atom. The maximum Gasteiger partial charge on any atom is 0.320 e. The summed E-state index contributed by atoms with van der Waals surface area (Å²) in [6.45, 7) is 7.72. The summed E-state index contributed by atoms with van der Waals surface area (Å²) >= 11 is 0. The second-order valence-electron chi connectivity index (χ2n) is 3.66. The molecule has 0 aliphatic heterocycles. The molecular weight excluding hydrogens is 220 g/mol. The van der Waals surface area contributed by atoms with Gasteiger partial charge in [0, 0.05) is 0 Å². The molecule has 0 spiro atoms. The van der Waals surface area contributed by atoms with Crippen molar-refractivity contribution < 1.29 is 19.1 Å². The van der Waals surface area contributed by atoms with E-state index in [-0.39, 0.29) is 6.61 Å². The largest absolute Gasteiger partial charge is 0.465 e. The molecule has 0 aromatic heterocycles. The quantitative estimate of drug-likeness (QED) is 0.270. The van der Waals surface area contributed by atoms with Crippen LogP contribution in [0.4, 0.5) is 0 Å². The lowest BCUT2D eigenvalue weighted by molar-refractivity contribution is -0.162. The molecule has 1 unspecified atom stereocenters. The molecule has 0 aromatic rings. The van der Waals surface area contributed by atoms with Crippen LogP contribution in [0, 0.1) is 5.92 Å². The van der Waals surface area contributed by atoms with E-state index in [0.29, 0.717) is 13.0 Å². The number of carbonyl (C=O) groups excluding carboxylic acids is 2. The van der Waals surface area contributed by atoms with Gasteiger partial charge in [-0.05, 0) is 32.6 Å². The van der Waals surface area contributed by atoms with E-state index in [2.05, 4.69) is 6.58 Å². The van der Waals surface area contributed by atoms with Gasteiger partial charge >= 0.3 is 11.9 Å². The number of ether oxygens (including phenoxy) is 2. The predicted molar refractivity (Wildman–Crippen MR) is 65.4 cm³/mol. The van der Waals surface area contributed by atoms with Gasteiger partial charge in [0.05, 0.1) is 13.2 Å². The molecule has 17 heavy (non-hydrogen) atoms. The third kappa shape index (κ3) is 6.76. The van der Waals surface area contributed by atoms with Gasteiger partial charge in [0.25, 0.3) is 0 Å². The van der Waals surface area contributed by atoms with Gasteiger partial charge in [0.1, 0.15) is 0 Å². The molecule has 4 nitrogen and oxygen atoms in total. The van der Waals surface area contributed by atoms with Gasteiger partial charge in [-0.25, -0.2) is 0 Å². The Morgan fingerprint density at radius 3 is 2.35 bits per heavy atom. The smallest absolute Gasteiger partial charge is 0.320 e. The summed E-state index contributed by atoms with van der Waals surface area (Å²) in [5.74, 6) is -1.76. The zero-order chi connectivity index (χ0) is 13.1. The fraction of sp³-hybridized carbons (Fsp3) is 0.692. The summed E-state index contributed by atoms with van der Waals surface area (Å²) in [6.07, 6.45) is 4.87. The van der Waals surface area contributed by atoms with Crippen molar-refractivity contribution in [3.8, 4) is 0 Å². The van der Waals surface area contributed by atoms with Gasteiger partial charge in [0.2, 0.25) is 0 Å². The van der Waals surface area contributed by atoms with Crippen molar-refractivity contribution in [3.05, 3.63) is 12.7 Å². The van der Waals surface area contributed by atoms with E-state index in [0.717, 1.165) is 19.3 Å². The molecule has 0 saturated carbocycles. The van der Waals surface area contributed by atoms with Gasteiger partial charge in [-0.3, -0.25) is 9.59 Å². The molecule has 4 heteroatoms. The lowest BCUT2D eigenvalue weighted by Gasteiger charge is -2.12. The molecular formula is C13H22O4. The minimum absolute atomic E-state index is 0.280. The molecule has 0 aromatic carbocycles. The minimum Gasteiger partial charge on any atom is -0.465 e. The number of hydrogen-bond acceptors (Lipinski definition) is 4. The monoisotopic (exact) mass is 242 g/mol. The van der Waals surface area contributed by atoms with Gasteiger partial charge in [-0.2, -0.15) is 0 Å². The number of esters is 2. The van der Waals surface area contributed by atoms with Crippen LogP contribution < -0.4 is 0 Å². The van der Waals surface area contributed by atoms with Crippen LogP contribution in [0.15, 0.2) is 12.7 Å². The van der Waals surface area contributed by atoms with Crippen LogP contribution in [0.1, 0.15) is 39.5 Å². The minimum atomic E-state index is -0.783. The second-order valence-corrected chi connectivity index (χ2v) is 3.66. The molecule has 0 heterocycles. The maximum absolute atomic E-state index is 11.6. The third-order valence-corrected chi connectivity index (χ3v) is 2.31. The molecule has 0 bridgehead atoms. The summed E-state index contributed by atoms with van der Waals surface area (Å²) in [5, 5.41) is 0. The number of allylic oxidation sites excluding steroid dienone is 1. The zero-order valence-electron chi connectivity index (χ0n) is 10.7. The predicted octanol–water partition coefficient (Wildman–Crippen LogP) is 2.48. The maximum atomic E-state index is 11.6. The fourth-order valence-electron chi connectivity index (χ4n) is 1.34. The summed E-state index contributed by atoms with van der Waals surface area (Å²) in [6, 6.07) is 0. The number of carbonyl (C=O) groups is 2. The van der Waals surface area contributed by atoms with Gasteiger partial charge in [-0.15, -0.1) is 6.58 Å². The van der Waals surface area contributed by atoms with Gasteiger partial charge < -0.3 is 9.47 Å². The molecule has 0 rings (SSSR count). The lowest BCUT2D eigenvalue weighted by Crippen LogP contribution is -2.27. The molecule has 0 N–H and O–H groups in total. The first kappa shape index (κ1) is 15.7. The molecule has 1 atom stereocenters. The van der Waals surface area contributed by atoms with Crippen LogP contribution in [0.3, 0.4) is 0 Å². The van der Waals surface area contributed by atoms with Gasteiger partial charge in [0.15, 0.2) is 5.92 Å². The Balaban J connectivity index is 3.91. The highest BCUT2D eigenvalue weighted by Crippen LogP contribution is 2.09. The molecule has 0 aliphatic rings. The van der Waals surface area contributed by atoms with Crippen molar-refractivity contribution >= 4 is 11.9 Å². The fourth-order valence-corrected chi connectivity index (χ4v) is 1.34. The molecule has 0 radical (unpaired) electrons. The molecule has 98 valence electrons. The standard InChI is InChI=1S/C13H22O4/c1-4-7-8-9-10-17-13(15)11(5-2)12(14)16-6-3/h4,11H,1,5-10H2,2-3H3. The van der Waals surface area contributed by atoms with E-state index < -0.39 is 17.9 Å². The number of hydrogen-bond donors (Lipinski definition) is 0. The van der Waals surface area contributed by atoms with E-state index in [1.54, 1.807) is 13.8 Å². The third-order valence-electron chi connectivity index (χ3n) is 2.31. The first-order chi connectivity index (χ1) is 8.17. The molecule has 0 aliphatic carbocycles. The Hall–Kier alpha value is -1.32. The van der Waals surface area contributed by atoms with Crippen molar-refractivity contribution in [3.63, 3.8) is 0 Å². The van der Waals surface area contributed by atoms with Crippen molar-refractivity contribution in [1.82, 2.24) is 0 Å². The van der Waals surface area contributed by atoms with E-state index >= 15 is 0 Å². The lowest BCUT2D eigenvalue weighted by atomic mass is 10.1. The SMILES string of the molecule is C=CCCCCOC(=O)C(CC)C(=O)OCC. The zero-order valence-corrected chi connectivity index (χ0v) is 10.7.